The molecule has 33 nitrogen and oxygen atoms in total. The van der Waals surface area contributed by atoms with E-state index in [0.29, 0.717) is 32.7 Å². The van der Waals surface area contributed by atoms with Crippen LogP contribution in [0.25, 0.3) is 11.1 Å². The topological polar surface area (TPSA) is 533 Å². The number of phenolic OH excluding ortho intramolecular Hbond substituents is 2. The summed E-state index contributed by atoms with van der Waals surface area (Å²) >= 11 is 0. The number of primary amides is 1. The minimum atomic E-state index is -2.67. The van der Waals surface area contributed by atoms with E-state index in [1.165, 1.54) is 48.5 Å². The summed E-state index contributed by atoms with van der Waals surface area (Å²) in [6.45, 7) is 3.55. The fourth-order valence-corrected chi connectivity index (χ4v) is 13.1. The minimum absolute atomic E-state index is 0.0113. The summed E-state index contributed by atoms with van der Waals surface area (Å²) in [4.78, 5) is 207. The Balaban J connectivity index is 1.44. The Morgan fingerprint density at radius 2 is 1.21 bits per heavy atom. The largest absolute Gasteiger partial charge is 0.508 e. The molecular weight excluding hydrogens is 1360 g/mol. The van der Waals surface area contributed by atoms with Crippen molar-refractivity contribution in [2.45, 2.75) is 138 Å². The molecule has 0 bridgehead atoms. The van der Waals surface area contributed by atoms with Crippen LogP contribution in [0, 0.1) is 5.92 Å². The van der Waals surface area contributed by atoms with Gasteiger partial charge in [-0.3, -0.25) is 71.9 Å². The molecule has 2 aliphatic rings. The van der Waals surface area contributed by atoms with Crippen LogP contribution in [0.15, 0.2) is 103 Å². The standard InChI is InChI=1S/C66H81N13O20S2/c1-34(2)24-47(70-52(85)31-80)64(98)79-23-7-10-50(79)62(96)74-48-32-100-101-33-49(61(95)78-66(68,65(99)76-43(56(67)90)27-53(86)87)29-38-11-17-40(18-12-38)39-8-5-4-6-9-39)75-63(97)55(35(3)81)77-51(84)30-69-57(91)44(25-36-13-19-41(82)20-14-36)71-58(92)45(26-37-15-21-42(83)22-16-37)72-59(93)46(28-54(88)89)73-60(48)94/h4-6,8-9,11-22,31,34-35,43-50,55,81-83H,7,10,23-30,32-33,68H2,1-3H3,(H2,67,90)(H,69,91)(H,70,85)(H,71,92)(H,72,93)(H,73,94)(H,74,96)(H,75,97)(H,76,99)(H,77,84)(H,78,95)(H,86,87)(H,88,89)/t35-,43-,44+,45+,46?,47+,48?,49?,50+,55+,66-/m1/s1. The lowest BCUT2D eigenvalue weighted by molar-refractivity contribution is -0.143. The van der Waals surface area contributed by atoms with E-state index in [1.54, 1.807) is 56.3 Å². The number of hydrogen-bond acceptors (Lipinski definition) is 21. The monoisotopic (exact) mass is 1440 g/mol. The van der Waals surface area contributed by atoms with Gasteiger partial charge in [-0.2, -0.15) is 0 Å². The van der Waals surface area contributed by atoms with Crippen LogP contribution < -0.4 is 64.6 Å². The van der Waals surface area contributed by atoms with Gasteiger partial charge in [-0.15, -0.1) is 0 Å². The van der Waals surface area contributed by atoms with Gasteiger partial charge < -0.3 is 95.1 Å². The minimum Gasteiger partial charge on any atom is -0.508 e. The van der Waals surface area contributed by atoms with Crippen molar-refractivity contribution in [3.8, 4) is 22.6 Å². The van der Waals surface area contributed by atoms with E-state index in [-0.39, 0.29) is 67.1 Å². The fourth-order valence-electron chi connectivity index (χ4n) is 10.7. The highest BCUT2D eigenvalue weighted by atomic mass is 33.1. The number of aldehydes is 1. The van der Waals surface area contributed by atoms with Gasteiger partial charge in [-0.1, -0.05) is 114 Å². The van der Waals surface area contributed by atoms with Crippen molar-refractivity contribution in [2.75, 3.05) is 24.6 Å². The third-order valence-corrected chi connectivity index (χ3v) is 18.4. The molecule has 4 aromatic rings. The Morgan fingerprint density at radius 3 is 1.76 bits per heavy atom. The number of nitrogens with zero attached hydrogens (tertiary/aromatic N) is 1. The van der Waals surface area contributed by atoms with Gasteiger partial charge in [0.2, 0.25) is 65.4 Å². The second-order valence-electron chi connectivity index (χ2n) is 24.4. The van der Waals surface area contributed by atoms with Gasteiger partial charge in [0.05, 0.1) is 25.5 Å². The second kappa shape index (κ2) is 37.5. The van der Waals surface area contributed by atoms with E-state index in [9.17, 15) is 92.7 Å². The third-order valence-electron chi connectivity index (χ3n) is 15.9. The summed E-state index contributed by atoms with van der Waals surface area (Å²) in [5.74, 6) is -19.0. The highest BCUT2D eigenvalue weighted by molar-refractivity contribution is 8.76. The molecule has 0 saturated carbocycles. The molecule has 0 aliphatic carbocycles. The highest BCUT2D eigenvalue weighted by Gasteiger charge is 2.43. The molecule has 0 radical (unpaired) electrons. The number of nitrogens with two attached hydrogens (primary N) is 2. The Bertz CT molecular complexity index is 3690. The Hall–Kier alpha value is -10.7. The van der Waals surface area contributed by atoms with Crippen molar-refractivity contribution in [2.24, 2.45) is 17.4 Å². The van der Waals surface area contributed by atoms with Crippen LogP contribution in [0.2, 0.25) is 0 Å². The van der Waals surface area contributed by atoms with E-state index in [1.807, 2.05) is 12.1 Å². The molecule has 0 spiro atoms. The molecule has 2 saturated heterocycles. The number of carbonyl (C=O) groups is 15. The second-order valence-corrected chi connectivity index (χ2v) is 27.0. The number of aromatic hydroxyl groups is 2. The molecule has 2 heterocycles. The number of aliphatic hydroxyl groups is 1. The molecule has 12 amide bonds. The smallest absolute Gasteiger partial charge is 0.305 e. The average molecular weight is 1440 g/mol. The van der Waals surface area contributed by atoms with Gasteiger partial charge in [-0.25, -0.2) is 0 Å². The molecule has 0 aromatic heterocycles. The van der Waals surface area contributed by atoms with Crippen molar-refractivity contribution in [3.05, 3.63) is 120 Å². The lowest BCUT2D eigenvalue weighted by atomic mass is 9.96. The van der Waals surface area contributed by atoms with Crippen molar-refractivity contribution >= 4 is 111 Å². The van der Waals surface area contributed by atoms with Crippen LogP contribution in [0.3, 0.4) is 0 Å². The zero-order chi connectivity index (χ0) is 74.3. The van der Waals surface area contributed by atoms with Crippen molar-refractivity contribution < 1.29 is 97.5 Å². The average Bonchev–Trinajstić information content (AvgIpc) is 1.79. The van der Waals surface area contributed by atoms with Crippen LogP contribution in [0.4, 0.5) is 0 Å². The van der Waals surface area contributed by atoms with Crippen molar-refractivity contribution in [1.29, 1.82) is 0 Å². The number of amides is 12. The highest BCUT2D eigenvalue weighted by Crippen LogP contribution is 2.27. The number of phenols is 2. The van der Waals surface area contributed by atoms with Crippen LogP contribution >= 0.6 is 21.6 Å². The Morgan fingerprint density at radius 1 is 0.653 bits per heavy atom. The van der Waals surface area contributed by atoms with E-state index >= 15 is 4.79 Å². The molecule has 4 aromatic carbocycles. The maximum atomic E-state index is 15.0. The molecular formula is C66H81N13O20S2. The number of aliphatic carboxylic acids is 2. The van der Waals surface area contributed by atoms with Crippen LogP contribution in [0.1, 0.15) is 69.6 Å². The quantitative estimate of drug-likeness (QED) is 0.0144. The zero-order valence-electron chi connectivity index (χ0n) is 55.0. The maximum Gasteiger partial charge on any atom is 0.305 e. The van der Waals surface area contributed by atoms with Gasteiger partial charge in [0.1, 0.15) is 65.9 Å². The van der Waals surface area contributed by atoms with Gasteiger partial charge in [0.15, 0.2) is 5.66 Å². The van der Waals surface area contributed by atoms with E-state index in [2.05, 4.69) is 53.2 Å². The number of aliphatic hydroxyl groups excluding tert-OH is 1. The van der Waals surface area contributed by atoms with Gasteiger partial charge in [-0.05, 0) is 84.2 Å². The van der Waals surface area contributed by atoms with Crippen LogP contribution in [-0.4, -0.2) is 210 Å². The van der Waals surface area contributed by atoms with E-state index < -0.39 is 193 Å². The molecule has 2 fully saturated rings. The number of carbonyl (C=O) groups excluding carboxylic acids is 13. The lowest BCUT2D eigenvalue weighted by Gasteiger charge is -2.33. The van der Waals surface area contributed by atoms with Gasteiger partial charge in [0, 0.05) is 37.3 Å². The SMILES string of the molecule is CC(C)C[C@H](NC(=O)C=O)C(=O)N1CCC[C@H]1C(=O)NC1CSSCC(C(=O)N[C@](N)(Cc2ccc(-c3ccccc3)cc2)C(=O)N[C@H](CC(=O)O)C(N)=O)NC(=O)[C@H]([C@@H](C)O)NC(=O)CNC(=O)[C@H](Cc2ccc(O)cc2)NC(=O)[C@H](Cc2ccc(O)cc2)NC(=O)C(CC(=O)O)NC1=O. The molecule has 19 N–H and O–H groups in total. The summed E-state index contributed by atoms with van der Waals surface area (Å²) in [7, 11) is 1.39. The molecule has 6 rings (SSSR count). The van der Waals surface area contributed by atoms with Gasteiger partial charge in [0.25, 0.3) is 11.8 Å². The first-order valence-electron chi connectivity index (χ1n) is 31.8. The van der Waals surface area contributed by atoms with Crippen LogP contribution in [0.5, 0.6) is 11.5 Å². The Kier molecular flexibility index (Phi) is 29.5. The van der Waals surface area contributed by atoms with Crippen molar-refractivity contribution in [3.63, 3.8) is 0 Å². The maximum absolute atomic E-state index is 15.0. The molecule has 101 heavy (non-hydrogen) atoms. The number of carboxylic acids is 2. The van der Waals surface area contributed by atoms with E-state index in [0.717, 1.165) is 17.4 Å². The number of nitrogens with one attached hydrogen (secondary N) is 10. The Labute approximate surface area is 586 Å². The first-order chi connectivity index (χ1) is 47.8. The molecule has 11 atom stereocenters. The summed E-state index contributed by atoms with van der Waals surface area (Å²) in [6.07, 6.45) is -5.21. The third kappa shape index (κ3) is 24.3. The van der Waals surface area contributed by atoms with Gasteiger partial charge >= 0.3 is 11.9 Å². The summed E-state index contributed by atoms with van der Waals surface area (Å²) in [6, 6.07) is 10.3. The first kappa shape index (κ1) is 79.3. The molecule has 542 valence electrons. The van der Waals surface area contributed by atoms with Crippen LogP contribution in [-0.2, 0) is 91.2 Å². The number of likely N-dealkylation sites (tertiary alicyclic amines) is 1. The van der Waals surface area contributed by atoms with Crippen molar-refractivity contribution in [1.82, 2.24) is 58.1 Å². The normalized spacial score (nSPS) is 21.3. The zero-order valence-corrected chi connectivity index (χ0v) is 56.6. The predicted octanol–water partition coefficient (Wildman–Crippen LogP) is -3.00. The number of benzene rings is 4. The molecule has 2 aliphatic heterocycles. The molecule has 3 unspecified atom stereocenters. The summed E-state index contributed by atoms with van der Waals surface area (Å²) in [5.41, 5.74) is 12.0. The summed E-state index contributed by atoms with van der Waals surface area (Å²) in [5, 5.41) is 74.8. The molecule has 35 heteroatoms. The summed E-state index contributed by atoms with van der Waals surface area (Å²) < 4.78 is 0. The fraction of sp³-hybridized carbons (Fsp3) is 0.409. The number of rotatable bonds is 24. The number of hydrogen-bond donors (Lipinski definition) is 17. The number of carboxylic acid groups (broad SMARTS) is 2. The van der Waals surface area contributed by atoms with E-state index in [4.69, 9.17) is 11.5 Å². The lowest BCUT2D eigenvalue weighted by Crippen LogP contribution is -2.70. The predicted molar refractivity (Wildman–Crippen MR) is 363 cm³/mol. The first-order valence-corrected chi connectivity index (χ1v) is 34.2.